The summed E-state index contributed by atoms with van der Waals surface area (Å²) in [4.78, 5) is 23.3. The van der Waals surface area contributed by atoms with E-state index in [0.29, 0.717) is 17.9 Å². The zero-order valence-corrected chi connectivity index (χ0v) is 12.8. The second-order valence-corrected chi connectivity index (χ2v) is 5.18. The molecule has 0 aliphatic heterocycles. The molecule has 0 bridgehead atoms. The largest absolute Gasteiger partial charge is 0.550 e. The summed E-state index contributed by atoms with van der Waals surface area (Å²) in [6.45, 7) is 0. The minimum atomic E-state index is -1.24. The van der Waals surface area contributed by atoms with E-state index in [2.05, 4.69) is 5.32 Å². The number of carbonyl (C=O) groups excluding carboxylic acids is 2. The number of rotatable bonds is 7. The number of nitrogens with one attached hydrogen (secondary N) is 1. The van der Waals surface area contributed by atoms with E-state index >= 15 is 0 Å². The molecule has 0 spiro atoms. The summed E-state index contributed by atoms with van der Waals surface area (Å²) in [7, 11) is 1.56. The van der Waals surface area contributed by atoms with Gasteiger partial charge >= 0.3 is 0 Å². The lowest BCUT2D eigenvalue weighted by molar-refractivity contribution is -0.306. The van der Waals surface area contributed by atoms with Crippen molar-refractivity contribution >= 4 is 17.6 Å². The Labute approximate surface area is 134 Å². The quantitative estimate of drug-likeness (QED) is 0.843. The number of carboxylic acid groups (broad SMARTS) is 1. The van der Waals surface area contributed by atoms with Gasteiger partial charge in [0.1, 0.15) is 5.75 Å². The molecule has 0 aliphatic rings. The van der Waals surface area contributed by atoms with E-state index in [0.717, 1.165) is 5.56 Å². The molecule has 5 nitrogen and oxygen atoms in total. The smallest absolute Gasteiger partial charge is 0.228 e. The number of hydrogen-bond donors (Lipinski definition) is 1. The van der Waals surface area contributed by atoms with Crippen LogP contribution in [0.1, 0.15) is 12.0 Å². The summed E-state index contributed by atoms with van der Waals surface area (Å²) < 4.78 is 5.05. The number of anilines is 1. The molecule has 5 heteroatoms. The van der Waals surface area contributed by atoms with Crippen molar-refractivity contribution in [2.24, 2.45) is 5.92 Å². The Morgan fingerprint density at radius 2 is 1.74 bits per heavy atom. The van der Waals surface area contributed by atoms with Crippen LogP contribution in [0.3, 0.4) is 0 Å². The number of benzene rings is 2. The Morgan fingerprint density at radius 3 is 2.30 bits per heavy atom. The van der Waals surface area contributed by atoms with E-state index in [1.165, 1.54) is 0 Å². The molecule has 0 saturated heterocycles. The van der Waals surface area contributed by atoms with Crippen LogP contribution in [0.2, 0.25) is 0 Å². The molecule has 0 heterocycles. The number of carboxylic acids is 1. The van der Waals surface area contributed by atoms with Crippen molar-refractivity contribution in [3.05, 3.63) is 60.2 Å². The molecule has 0 aromatic heterocycles. The molecule has 1 atom stereocenters. The van der Waals surface area contributed by atoms with E-state index < -0.39 is 11.9 Å². The van der Waals surface area contributed by atoms with Gasteiger partial charge in [-0.1, -0.05) is 30.3 Å². The Kier molecular flexibility index (Phi) is 5.74. The highest BCUT2D eigenvalue weighted by Gasteiger charge is 2.19. The lowest BCUT2D eigenvalue weighted by Gasteiger charge is -2.17. The van der Waals surface area contributed by atoms with Gasteiger partial charge in [-0.25, -0.2) is 0 Å². The maximum absolute atomic E-state index is 12.4. The molecular formula is C18H18NO4-. The normalized spacial score (nSPS) is 11.5. The molecule has 1 amide bonds. The molecule has 0 aliphatic carbocycles. The van der Waals surface area contributed by atoms with Gasteiger partial charge < -0.3 is 20.0 Å². The molecule has 2 rings (SSSR count). The lowest BCUT2D eigenvalue weighted by Crippen LogP contribution is -2.32. The predicted octanol–water partition coefficient (Wildman–Crippen LogP) is 1.63. The highest BCUT2D eigenvalue weighted by molar-refractivity contribution is 5.94. The molecular weight excluding hydrogens is 294 g/mol. The molecule has 2 aromatic rings. The molecule has 0 fully saturated rings. The van der Waals surface area contributed by atoms with Gasteiger partial charge in [-0.3, -0.25) is 4.79 Å². The predicted molar refractivity (Wildman–Crippen MR) is 84.9 cm³/mol. The lowest BCUT2D eigenvalue weighted by atomic mass is 9.95. The van der Waals surface area contributed by atoms with Crippen LogP contribution in [0, 0.1) is 5.92 Å². The number of hydrogen-bond acceptors (Lipinski definition) is 4. The number of carbonyl (C=O) groups is 2. The SMILES string of the molecule is COc1ccc(NC(=O)C(CC(=O)[O-])Cc2ccccc2)cc1. The van der Waals surface area contributed by atoms with E-state index in [4.69, 9.17) is 4.74 Å². The highest BCUT2D eigenvalue weighted by atomic mass is 16.5. The number of ether oxygens (including phenoxy) is 1. The third-order valence-corrected chi connectivity index (χ3v) is 3.47. The Balaban J connectivity index is 2.07. The summed E-state index contributed by atoms with van der Waals surface area (Å²) in [6.07, 6.45) is 0.0215. The van der Waals surface area contributed by atoms with Crippen LogP contribution < -0.4 is 15.2 Å². The third-order valence-electron chi connectivity index (χ3n) is 3.47. The van der Waals surface area contributed by atoms with E-state index in [1.807, 2.05) is 30.3 Å². The first-order valence-corrected chi connectivity index (χ1v) is 7.27. The van der Waals surface area contributed by atoms with Gasteiger partial charge in [-0.05, 0) is 42.7 Å². The van der Waals surface area contributed by atoms with Crippen molar-refractivity contribution in [3.8, 4) is 5.75 Å². The maximum Gasteiger partial charge on any atom is 0.228 e. The van der Waals surface area contributed by atoms with Gasteiger partial charge in [0.2, 0.25) is 5.91 Å². The van der Waals surface area contributed by atoms with E-state index in [9.17, 15) is 14.7 Å². The first-order chi connectivity index (χ1) is 11.1. The Bertz CT molecular complexity index is 652. The molecule has 1 N–H and O–H groups in total. The van der Waals surface area contributed by atoms with Gasteiger partial charge in [0.15, 0.2) is 0 Å². The van der Waals surface area contributed by atoms with Crippen molar-refractivity contribution in [2.45, 2.75) is 12.8 Å². The molecule has 1 unspecified atom stereocenters. The number of methoxy groups -OCH3 is 1. The van der Waals surface area contributed by atoms with Gasteiger partial charge in [0.05, 0.1) is 7.11 Å². The first kappa shape index (κ1) is 16.5. The fourth-order valence-electron chi connectivity index (χ4n) is 2.28. The van der Waals surface area contributed by atoms with Crippen LogP contribution in [0.5, 0.6) is 5.75 Å². The van der Waals surface area contributed by atoms with Crippen molar-refractivity contribution in [3.63, 3.8) is 0 Å². The summed E-state index contributed by atoms with van der Waals surface area (Å²) in [5.41, 5.74) is 1.50. The van der Waals surface area contributed by atoms with Gasteiger partial charge in [0, 0.05) is 17.6 Å². The van der Waals surface area contributed by atoms with E-state index in [1.54, 1.807) is 31.4 Å². The topological polar surface area (TPSA) is 78.5 Å². The minimum absolute atomic E-state index is 0.323. The van der Waals surface area contributed by atoms with Crippen LogP contribution in [0.25, 0.3) is 0 Å². The molecule has 0 radical (unpaired) electrons. The monoisotopic (exact) mass is 312 g/mol. The fourth-order valence-corrected chi connectivity index (χ4v) is 2.28. The van der Waals surface area contributed by atoms with Crippen LogP contribution >= 0.6 is 0 Å². The average molecular weight is 312 g/mol. The average Bonchev–Trinajstić information content (AvgIpc) is 2.55. The first-order valence-electron chi connectivity index (χ1n) is 7.27. The zero-order chi connectivity index (χ0) is 16.7. The van der Waals surface area contributed by atoms with Gasteiger partial charge in [0.25, 0.3) is 0 Å². The highest BCUT2D eigenvalue weighted by Crippen LogP contribution is 2.18. The summed E-state index contributed by atoms with van der Waals surface area (Å²) in [5, 5.41) is 13.7. The summed E-state index contributed by atoms with van der Waals surface area (Å²) >= 11 is 0. The summed E-state index contributed by atoms with van der Waals surface area (Å²) in [5.74, 6) is -1.60. The molecule has 23 heavy (non-hydrogen) atoms. The standard InChI is InChI=1S/C18H19NO4/c1-23-16-9-7-15(8-10-16)19-18(22)14(12-17(20)21)11-13-5-3-2-4-6-13/h2-10,14H,11-12H2,1H3,(H,19,22)(H,20,21)/p-1. The zero-order valence-electron chi connectivity index (χ0n) is 12.8. The van der Waals surface area contributed by atoms with Crippen LogP contribution in [0.4, 0.5) is 5.69 Å². The molecule has 0 saturated carbocycles. The van der Waals surface area contributed by atoms with Crippen LogP contribution in [-0.4, -0.2) is 19.0 Å². The second kappa shape index (κ2) is 7.98. The van der Waals surface area contributed by atoms with Crippen molar-refractivity contribution in [2.75, 3.05) is 12.4 Å². The number of amides is 1. The van der Waals surface area contributed by atoms with Crippen LogP contribution in [0.15, 0.2) is 54.6 Å². The van der Waals surface area contributed by atoms with Gasteiger partial charge in [-0.15, -0.1) is 0 Å². The van der Waals surface area contributed by atoms with Crippen LogP contribution in [-0.2, 0) is 16.0 Å². The molecule has 2 aromatic carbocycles. The Morgan fingerprint density at radius 1 is 1.09 bits per heavy atom. The van der Waals surface area contributed by atoms with Crippen molar-refractivity contribution in [1.82, 2.24) is 0 Å². The molecule has 120 valence electrons. The van der Waals surface area contributed by atoms with Crippen molar-refractivity contribution < 1.29 is 19.4 Å². The third kappa shape index (κ3) is 5.14. The second-order valence-electron chi connectivity index (χ2n) is 5.18. The minimum Gasteiger partial charge on any atom is -0.550 e. The summed E-state index contributed by atoms with van der Waals surface area (Å²) in [6, 6.07) is 16.2. The van der Waals surface area contributed by atoms with Crippen molar-refractivity contribution in [1.29, 1.82) is 0 Å². The number of aliphatic carboxylic acids is 1. The fraction of sp³-hybridized carbons (Fsp3) is 0.222. The Hall–Kier alpha value is -2.82. The van der Waals surface area contributed by atoms with Gasteiger partial charge in [-0.2, -0.15) is 0 Å². The van der Waals surface area contributed by atoms with E-state index in [-0.39, 0.29) is 12.3 Å². The maximum atomic E-state index is 12.4.